The summed E-state index contributed by atoms with van der Waals surface area (Å²) >= 11 is 0. The molecule has 1 atom stereocenters. The summed E-state index contributed by atoms with van der Waals surface area (Å²) in [4.78, 5) is 24.9. The molecule has 6 heteroatoms. The number of carboxylic acids is 1. The summed E-state index contributed by atoms with van der Waals surface area (Å²) in [6, 6.07) is 10.3. The van der Waals surface area contributed by atoms with E-state index in [4.69, 9.17) is 5.11 Å². The zero-order valence-corrected chi connectivity index (χ0v) is 11.4. The molecule has 2 rings (SSSR count). The predicted molar refractivity (Wildman–Crippen MR) is 76.8 cm³/mol. The van der Waals surface area contributed by atoms with Crippen molar-refractivity contribution < 1.29 is 14.8 Å². The zero-order chi connectivity index (χ0) is 15.4. The Kier molecular flexibility index (Phi) is 4.27. The fourth-order valence-electron chi connectivity index (χ4n) is 1.92. The molecule has 0 saturated heterocycles. The fourth-order valence-corrected chi connectivity index (χ4v) is 1.92. The van der Waals surface area contributed by atoms with Gasteiger partial charge in [0.25, 0.3) is 5.69 Å². The first-order valence-corrected chi connectivity index (χ1v) is 6.40. The Hall–Kier alpha value is -2.76. The minimum absolute atomic E-state index is 0.0503. The number of nitro groups is 1. The summed E-state index contributed by atoms with van der Waals surface area (Å²) < 4.78 is 0. The van der Waals surface area contributed by atoms with E-state index >= 15 is 0 Å². The van der Waals surface area contributed by atoms with Gasteiger partial charge in [-0.05, 0) is 18.1 Å². The van der Waals surface area contributed by atoms with Crippen LogP contribution < -0.4 is 0 Å². The second-order valence-corrected chi connectivity index (χ2v) is 4.80. The number of aromatic nitrogens is 1. The fraction of sp³-hybridized carbons (Fsp3) is 0.200. The molecule has 1 unspecified atom stereocenters. The van der Waals surface area contributed by atoms with Crippen molar-refractivity contribution in [1.29, 1.82) is 0 Å². The Bertz CT molecular complexity index is 650. The van der Waals surface area contributed by atoms with E-state index in [2.05, 4.69) is 4.98 Å². The first-order chi connectivity index (χ1) is 9.97. The number of rotatable bonds is 5. The van der Waals surface area contributed by atoms with E-state index in [0.717, 1.165) is 11.1 Å². The average molecular weight is 286 g/mol. The SMILES string of the molecule is CC(Cc1ccc(-c2ccc([N+](=O)[O-])cn2)cc1)C(=O)O. The van der Waals surface area contributed by atoms with Crippen LogP contribution >= 0.6 is 0 Å². The Morgan fingerprint density at radius 3 is 2.43 bits per heavy atom. The molecule has 0 bridgehead atoms. The van der Waals surface area contributed by atoms with E-state index < -0.39 is 16.8 Å². The van der Waals surface area contributed by atoms with E-state index in [1.54, 1.807) is 13.0 Å². The first kappa shape index (κ1) is 14.6. The molecule has 0 spiro atoms. The highest BCUT2D eigenvalue weighted by molar-refractivity contribution is 5.70. The van der Waals surface area contributed by atoms with Crippen LogP contribution in [-0.2, 0) is 11.2 Å². The van der Waals surface area contributed by atoms with E-state index in [1.165, 1.54) is 12.3 Å². The number of benzene rings is 1. The van der Waals surface area contributed by atoms with Gasteiger partial charge in [0.05, 0.1) is 16.5 Å². The summed E-state index contributed by atoms with van der Waals surface area (Å²) in [6.45, 7) is 1.66. The van der Waals surface area contributed by atoms with Crippen molar-refractivity contribution in [3.8, 4) is 11.3 Å². The zero-order valence-electron chi connectivity index (χ0n) is 11.4. The van der Waals surface area contributed by atoms with Crippen molar-refractivity contribution >= 4 is 11.7 Å². The molecule has 0 fully saturated rings. The van der Waals surface area contributed by atoms with Gasteiger partial charge in [-0.15, -0.1) is 0 Å². The van der Waals surface area contributed by atoms with Crippen LogP contribution in [0.15, 0.2) is 42.6 Å². The molecule has 0 amide bonds. The summed E-state index contributed by atoms with van der Waals surface area (Å²) in [5, 5.41) is 19.5. The number of carbonyl (C=O) groups is 1. The van der Waals surface area contributed by atoms with E-state index in [1.807, 2.05) is 24.3 Å². The third kappa shape index (κ3) is 3.62. The van der Waals surface area contributed by atoms with Gasteiger partial charge in [-0.1, -0.05) is 31.2 Å². The number of carboxylic acid groups (broad SMARTS) is 1. The molecule has 6 nitrogen and oxygen atoms in total. The van der Waals surface area contributed by atoms with Gasteiger partial charge in [0, 0.05) is 11.6 Å². The minimum atomic E-state index is -0.823. The second-order valence-electron chi connectivity index (χ2n) is 4.80. The Balaban J connectivity index is 2.15. The van der Waals surface area contributed by atoms with Crippen molar-refractivity contribution in [2.75, 3.05) is 0 Å². The largest absolute Gasteiger partial charge is 0.481 e. The van der Waals surface area contributed by atoms with Gasteiger partial charge in [-0.25, -0.2) is 4.98 Å². The van der Waals surface area contributed by atoms with Crippen molar-refractivity contribution in [1.82, 2.24) is 4.98 Å². The molecule has 1 heterocycles. The predicted octanol–water partition coefficient (Wildman–Crippen LogP) is 2.92. The van der Waals surface area contributed by atoms with E-state index in [-0.39, 0.29) is 5.69 Å². The Morgan fingerprint density at radius 1 is 1.29 bits per heavy atom. The summed E-state index contributed by atoms with van der Waals surface area (Å²) in [5.41, 5.74) is 2.34. The molecular weight excluding hydrogens is 272 g/mol. The second kappa shape index (κ2) is 6.13. The standard InChI is InChI=1S/C15H14N2O4/c1-10(15(18)19)8-11-2-4-12(5-3-11)14-7-6-13(9-16-14)17(20)21/h2-7,9-10H,8H2,1H3,(H,18,19). The minimum Gasteiger partial charge on any atom is -0.481 e. The maximum absolute atomic E-state index is 10.8. The maximum Gasteiger partial charge on any atom is 0.306 e. The van der Waals surface area contributed by atoms with Crippen molar-refractivity contribution in [3.05, 3.63) is 58.3 Å². The molecule has 0 saturated carbocycles. The van der Waals surface area contributed by atoms with Crippen molar-refractivity contribution in [2.45, 2.75) is 13.3 Å². The lowest BCUT2D eigenvalue weighted by atomic mass is 9.99. The maximum atomic E-state index is 10.8. The molecule has 1 N–H and O–H groups in total. The van der Waals surface area contributed by atoms with Gasteiger partial charge < -0.3 is 5.11 Å². The van der Waals surface area contributed by atoms with Crippen LogP contribution in [0.1, 0.15) is 12.5 Å². The average Bonchev–Trinajstić information content (AvgIpc) is 2.48. The van der Waals surface area contributed by atoms with Crippen LogP contribution in [0.4, 0.5) is 5.69 Å². The summed E-state index contributed by atoms with van der Waals surface area (Å²) in [5.74, 6) is -1.26. The first-order valence-electron chi connectivity index (χ1n) is 6.40. The monoisotopic (exact) mass is 286 g/mol. The van der Waals surface area contributed by atoms with Crippen LogP contribution in [-0.4, -0.2) is 21.0 Å². The molecule has 21 heavy (non-hydrogen) atoms. The van der Waals surface area contributed by atoms with Gasteiger partial charge >= 0.3 is 5.97 Å². The number of aliphatic carboxylic acids is 1. The Morgan fingerprint density at radius 2 is 1.95 bits per heavy atom. The Labute approximate surface area is 121 Å². The molecule has 108 valence electrons. The van der Waals surface area contributed by atoms with Gasteiger partial charge in [0.15, 0.2) is 0 Å². The van der Waals surface area contributed by atoms with Gasteiger partial charge in [0.2, 0.25) is 0 Å². The molecule has 1 aromatic carbocycles. The number of pyridine rings is 1. The van der Waals surface area contributed by atoms with Crippen LogP contribution in [0.5, 0.6) is 0 Å². The quantitative estimate of drug-likeness (QED) is 0.673. The third-order valence-corrected chi connectivity index (χ3v) is 3.17. The van der Waals surface area contributed by atoms with Gasteiger partial charge in [-0.3, -0.25) is 14.9 Å². The number of hydrogen-bond acceptors (Lipinski definition) is 4. The lowest BCUT2D eigenvalue weighted by Gasteiger charge is -2.07. The van der Waals surface area contributed by atoms with E-state index in [0.29, 0.717) is 12.1 Å². The normalized spacial score (nSPS) is 11.9. The molecule has 0 aliphatic carbocycles. The van der Waals surface area contributed by atoms with Crippen LogP contribution in [0.2, 0.25) is 0 Å². The number of nitrogens with zero attached hydrogens (tertiary/aromatic N) is 2. The van der Waals surface area contributed by atoms with E-state index in [9.17, 15) is 14.9 Å². The van der Waals surface area contributed by atoms with Gasteiger partial charge in [0.1, 0.15) is 6.20 Å². The molecule has 2 aromatic rings. The highest BCUT2D eigenvalue weighted by Gasteiger charge is 2.12. The smallest absolute Gasteiger partial charge is 0.306 e. The molecular formula is C15H14N2O4. The van der Waals surface area contributed by atoms with Crippen LogP contribution in [0.25, 0.3) is 11.3 Å². The molecule has 1 aromatic heterocycles. The topological polar surface area (TPSA) is 93.3 Å². The van der Waals surface area contributed by atoms with Crippen LogP contribution in [0, 0.1) is 16.0 Å². The van der Waals surface area contributed by atoms with Gasteiger partial charge in [-0.2, -0.15) is 0 Å². The van der Waals surface area contributed by atoms with Crippen molar-refractivity contribution in [3.63, 3.8) is 0 Å². The molecule has 0 aliphatic heterocycles. The lowest BCUT2D eigenvalue weighted by molar-refractivity contribution is -0.385. The highest BCUT2D eigenvalue weighted by atomic mass is 16.6. The summed E-state index contributed by atoms with van der Waals surface area (Å²) in [7, 11) is 0. The van der Waals surface area contributed by atoms with Crippen molar-refractivity contribution in [2.24, 2.45) is 5.92 Å². The molecule has 0 aliphatic rings. The third-order valence-electron chi connectivity index (χ3n) is 3.17. The van der Waals surface area contributed by atoms with Crippen LogP contribution in [0.3, 0.4) is 0 Å². The lowest BCUT2D eigenvalue weighted by Crippen LogP contribution is -2.12. The number of hydrogen-bond donors (Lipinski definition) is 1. The highest BCUT2D eigenvalue weighted by Crippen LogP contribution is 2.20. The molecule has 0 radical (unpaired) electrons. The summed E-state index contributed by atoms with van der Waals surface area (Å²) in [6.07, 6.45) is 1.68.